The molecule has 1 amide bonds. The molecular formula is C24H29N4O2+. The molecule has 1 aliphatic heterocycles. The molecule has 0 bridgehead atoms. The number of quaternary nitrogens is 1. The van der Waals surface area contributed by atoms with E-state index in [4.69, 9.17) is 0 Å². The van der Waals surface area contributed by atoms with Gasteiger partial charge in [-0.3, -0.25) is 14.2 Å². The first-order valence-electron chi connectivity index (χ1n) is 10.6. The summed E-state index contributed by atoms with van der Waals surface area (Å²) in [6, 6.07) is 15.9. The Hall–Kier alpha value is -2.99. The minimum absolute atomic E-state index is 0.0588. The van der Waals surface area contributed by atoms with E-state index in [1.807, 2.05) is 23.1 Å². The second kappa shape index (κ2) is 8.79. The number of piperazine rings is 1. The van der Waals surface area contributed by atoms with E-state index in [1.165, 1.54) is 16.0 Å². The summed E-state index contributed by atoms with van der Waals surface area (Å²) in [7, 11) is 1.73. The number of para-hydroxylation sites is 1. The van der Waals surface area contributed by atoms with Gasteiger partial charge in [-0.25, -0.2) is 4.98 Å². The summed E-state index contributed by atoms with van der Waals surface area (Å²) in [5.74, 6) is 0.809. The van der Waals surface area contributed by atoms with Crippen LogP contribution in [0.15, 0.2) is 53.3 Å². The van der Waals surface area contributed by atoms with E-state index in [9.17, 15) is 9.59 Å². The second-order valence-electron chi connectivity index (χ2n) is 8.14. The van der Waals surface area contributed by atoms with Gasteiger partial charge in [0, 0.05) is 25.5 Å². The summed E-state index contributed by atoms with van der Waals surface area (Å²) in [5.41, 5.74) is 3.35. The lowest BCUT2D eigenvalue weighted by molar-refractivity contribution is -0.917. The van der Waals surface area contributed by atoms with Gasteiger partial charge in [0.1, 0.15) is 12.4 Å². The second-order valence-corrected chi connectivity index (χ2v) is 8.14. The van der Waals surface area contributed by atoms with Crippen molar-refractivity contribution < 1.29 is 9.69 Å². The van der Waals surface area contributed by atoms with Gasteiger partial charge in [-0.1, -0.05) is 36.4 Å². The molecule has 0 aliphatic carbocycles. The van der Waals surface area contributed by atoms with Crippen LogP contribution < -0.4 is 10.5 Å². The molecule has 1 fully saturated rings. The van der Waals surface area contributed by atoms with E-state index in [1.54, 1.807) is 17.7 Å². The van der Waals surface area contributed by atoms with Crippen LogP contribution in [0.3, 0.4) is 0 Å². The zero-order valence-corrected chi connectivity index (χ0v) is 17.7. The van der Waals surface area contributed by atoms with Crippen molar-refractivity contribution in [1.82, 2.24) is 14.5 Å². The zero-order valence-electron chi connectivity index (χ0n) is 17.7. The molecule has 30 heavy (non-hydrogen) atoms. The Morgan fingerprint density at radius 1 is 1.07 bits per heavy atom. The van der Waals surface area contributed by atoms with E-state index >= 15 is 0 Å². The molecule has 156 valence electrons. The molecule has 0 unspecified atom stereocenters. The minimum Gasteiger partial charge on any atom is -0.331 e. The lowest BCUT2D eigenvalue weighted by atomic mass is 10.1. The van der Waals surface area contributed by atoms with Crippen LogP contribution in [-0.4, -0.2) is 46.5 Å². The quantitative estimate of drug-likeness (QED) is 0.692. The highest BCUT2D eigenvalue weighted by Crippen LogP contribution is 2.09. The van der Waals surface area contributed by atoms with Crippen molar-refractivity contribution in [1.29, 1.82) is 0 Å². The Kier molecular flexibility index (Phi) is 5.95. The van der Waals surface area contributed by atoms with Crippen LogP contribution in [0.25, 0.3) is 10.9 Å². The Morgan fingerprint density at radius 3 is 2.53 bits per heavy atom. The number of hydrogen-bond donors (Lipinski definition) is 1. The Labute approximate surface area is 176 Å². The van der Waals surface area contributed by atoms with Crippen LogP contribution in [0.4, 0.5) is 0 Å². The van der Waals surface area contributed by atoms with Gasteiger partial charge in [-0.2, -0.15) is 0 Å². The topological polar surface area (TPSA) is 59.6 Å². The van der Waals surface area contributed by atoms with Crippen LogP contribution in [0.1, 0.15) is 23.4 Å². The Balaban J connectivity index is 1.33. The average Bonchev–Trinajstić information content (AvgIpc) is 2.77. The molecule has 3 aromatic rings. The number of benzene rings is 2. The van der Waals surface area contributed by atoms with Gasteiger partial charge >= 0.3 is 0 Å². The highest BCUT2D eigenvalue weighted by molar-refractivity contribution is 5.78. The summed E-state index contributed by atoms with van der Waals surface area (Å²) >= 11 is 0. The largest absolute Gasteiger partial charge is 0.331 e. The van der Waals surface area contributed by atoms with Crippen molar-refractivity contribution in [3.8, 4) is 0 Å². The van der Waals surface area contributed by atoms with Crippen LogP contribution in [0.2, 0.25) is 0 Å². The fraction of sp³-hybridized carbons (Fsp3) is 0.375. The SMILES string of the molecule is Cc1ccccc1C[NH+]1CCN(C(=O)CCc2nc3ccccc3c(=O)n2C)CC1. The molecule has 1 saturated heterocycles. The molecule has 0 saturated carbocycles. The number of nitrogens with one attached hydrogen (secondary N) is 1. The van der Waals surface area contributed by atoms with Gasteiger partial charge < -0.3 is 9.80 Å². The lowest BCUT2D eigenvalue weighted by Crippen LogP contribution is -3.13. The van der Waals surface area contributed by atoms with Crippen molar-refractivity contribution in [2.45, 2.75) is 26.3 Å². The summed E-state index contributed by atoms with van der Waals surface area (Å²) < 4.78 is 1.57. The summed E-state index contributed by atoms with van der Waals surface area (Å²) in [5, 5.41) is 0.614. The molecule has 1 N–H and O–H groups in total. The van der Waals surface area contributed by atoms with Crippen LogP contribution in [0.5, 0.6) is 0 Å². The van der Waals surface area contributed by atoms with Crippen molar-refractivity contribution in [3.05, 3.63) is 75.8 Å². The average molecular weight is 406 g/mol. The van der Waals surface area contributed by atoms with E-state index < -0.39 is 0 Å². The van der Waals surface area contributed by atoms with Gasteiger partial charge in [0.2, 0.25) is 5.91 Å². The molecule has 2 aromatic carbocycles. The number of carbonyl (C=O) groups excluding carboxylic acids is 1. The molecule has 1 aliphatic rings. The number of nitrogens with zero attached hydrogens (tertiary/aromatic N) is 3. The molecule has 0 spiro atoms. The van der Waals surface area contributed by atoms with Gasteiger partial charge in [-0.15, -0.1) is 0 Å². The standard InChI is InChI=1S/C24H28N4O2/c1-18-7-3-4-8-19(18)17-27-13-15-28(16-14-27)23(29)12-11-22-25-21-10-6-5-9-20(21)24(30)26(22)2/h3-10H,11-17H2,1-2H3/p+1. The highest BCUT2D eigenvalue weighted by Gasteiger charge is 2.24. The maximum Gasteiger partial charge on any atom is 0.261 e. The summed E-state index contributed by atoms with van der Waals surface area (Å²) in [6.45, 7) is 6.66. The van der Waals surface area contributed by atoms with Crippen molar-refractivity contribution >= 4 is 16.8 Å². The van der Waals surface area contributed by atoms with E-state index in [0.717, 1.165) is 32.7 Å². The number of hydrogen-bond acceptors (Lipinski definition) is 3. The third-order valence-electron chi connectivity index (χ3n) is 6.16. The zero-order chi connectivity index (χ0) is 21.1. The molecule has 0 radical (unpaired) electrons. The van der Waals surface area contributed by atoms with Gasteiger partial charge in [0.25, 0.3) is 5.56 Å². The smallest absolute Gasteiger partial charge is 0.261 e. The first kappa shape index (κ1) is 20.3. The molecule has 0 atom stereocenters. The number of rotatable bonds is 5. The third kappa shape index (κ3) is 4.28. The first-order chi connectivity index (χ1) is 14.5. The molecular weight excluding hydrogens is 376 g/mol. The van der Waals surface area contributed by atoms with Crippen molar-refractivity contribution in [2.75, 3.05) is 26.2 Å². The third-order valence-corrected chi connectivity index (χ3v) is 6.16. The van der Waals surface area contributed by atoms with Crippen LogP contribution in [0, 0.1) is 6.92 Å². The van der Waals surface area contributed by atoms with Crippen molar-refractivity contribution in [2.24, 2.45) is 7.05 Å². The minimum atomic E-state index is -0.0588. The first-order valence-corrected chi connectivity index (χ1v) is 10.6. The Bertz CT molecular complexity index is 1110. The van der Waals surface area contributed by atoms with Crippen LogP contribution >= 0.6 is 0 Å². The highest BCUT2D eigenvalue weighted by atomic mass is 16.2. The Morgan fingerprint density at radius 2 is 1.77 bits per heavy atom. The maximum atomic E-state index is 12.8. The molecule has 2 heterocycles. The molecule has 6 heteroatoms. The predicted molar refractivity (Wildman–Crippen MR) is 117 cm³/mol. The molecule has 6 nitrogen and oxygen atoms in total. The van der Waals surface area contributed by atoms with Gasteiger partial charge in [0.05, 0.1) is 37.1 Å². The fourth-order valence-electron chi connectivity index (χ4n) is 4.19. The van der Waals surface area contributed by atoms with Crippen molar-refractivity contribution in [3.63, 3.8) is 0 Å². The number of aromatic nitrogens is 2. The van der Waals surface area contributed by atoms with E-state index in [-0.39, 0.29) is 11.5 Å². The predicted octanol–water partition coefficient (Wildman–Crippen LogP) is 1.10. The van der Waals surface area contributed by atoms with Gasteiger partial charge in [-0.05, 0) is 24.6 Å². The number of amides is 1. The normalized spacial score (nSPS) is 14.9. The number of carbonyl (C=O) groups is 1. The lowest BCUT2D eigenvalue weighted by Gasteiger charge is -2.32. The van der Waals surface area contributed by atoms with Gasteiger partial charge in [0.15, 0.2) is 0 Å². The van der Waals surface area contributed by atoms with Crippen LogP contribution in [-0.2, 0) is 24.8 Å². The van der Waals surface area contributed by atoms with E-state index in [0.29, 0.717) is 29.6 Å². The molecule has 4 rings (SSSR count). The number of aryl methyl sites for hydroxylation is 2. The maximum absolute atomic E-state index is 12.8. The molecule has 1 aromatic heterocycles. The monoisotopic (exact) mass is 405 g/mol. The summed E-state index contributed by atoms with van der Waals surface area (Å²) in [4.78, 5) is 33.4. The summed E-state index contributed by atoms with van der Waals surface area (Å²) in [6.07, 6.45) is 0.859. The van der Waals surface area contributed by atoms with E-state index in [2.05, 4.69) is 36.2 Å². The fourth-order valence-corrected chi connectivity index (χ4v) is 4.19. The number of fused-ring (bicyclic) bond motifs is 1.